The van der Waals surface area contributed by atoms with Crippen molar-refractivity contribution in [2.75, 3.05) is 5.32 Å². The fraction of sp³-hybridized carbons (Fsp3) is 0.158. The molecule has 1 aromatic heterocycles. The van der Waals surface area contributed by atoms with Crippen LogP contribution in [0.25, 0.3) is 10.9 Å². The number of carbonyl (C=O) groups is 1. The number of amides is 1. The number of halogens is 3. The summed E-state index contributed by atoms with van der Waals surface area (Å²) in [6.45, 7) is 2.06. The zero-order chi connectivity index (χ0) is 18.6. The molecule has 1 N–H and O–H groups in total. The van der Waals surface area contributed by atoms with Crippen LogP contribution in [0.2, 0.25) is 15.1 Å². The summed E-state index contributed by atoms with van der Waals surface area (Å²) in [5.41, 5.74) is 2.07. The highest BCUT2D eigenvalue weighted by Gasteiger charge is 2.24. The first-order valence-corrected chi connectivity index (χ1v) is 9.13. The van der Waals surface area contributed by atoms with Gasteiger partial charge in [-0.25, -0.2) is 0 Å². The van der Waals surface area contributed by atoms with E-state index in [2.05, 4.69) is 12.2 Å². The highest BCUT2D eigenvalue weighted by atomic mass is 35.5. The number of pyridine rings is 1. The first-order chi connectivity index (χ1) is 12.4. The van der Waals surface area contributed by atoms with E-state index in [1.165, 1.54) is 12.1 Å². The van der Waals surface area contributed by atoms with E-state index in [4.69, 9.17) is 34.8 Å². The molecule has 0 radical (unpaired) electrons. The Bertz CT molecular complexity index is 1140. The Morgan fingerprint density at radius 2 is 1.88 bits per heavy atom. The molecule has 0 unspecified atom stereocenters. The highest BCUT2D eigenvalue weighted by molar-refractivity contribution is 6.44. The fourth-order valence-electron chi connectivity index (χ4n) is 3.39. The number of nitrogens with one attached hydrogen (secondary N) is 1. The number of para-hydroxylation sites is 1. The van der Waals surface area contributed by atoms with Gasteiger partial charge in [0.05, 0.1) is 26.3 Å². The Balaban J connectivity index is 1.81. The lowest BCUT2D eigenvalue weighted by Gasteiger charge is -2.13. The molecular formula is C19H13Cl3N2O2. The van der Waals surface area contributed by atoms with Gasteiger partial charge in [-0.1, -0.05) is 46.9 Å². The summed E-state index contributed by atoms with van der Waals surface area (Å²) in [7, 11) is 0. The number of nitrogens with zero attached hydrogens (tertiary/aromatic N) is 1. The van der Waals surface area contributed by atoms with Crippen molar-refractivity contribution in [1.29, 1.82) is 0 Å². The predicted molar refractivity (Wildman–Crippen MR) is 106 cm³/mol. The van der Waals surface area contributed by atoms with Gasteiger partial charge in [0.2, 0.25) is 5.43 Å². The van der Waals surface area contributed by atoms with Gasteiger partial charge in [-0.3, -0.25) is 9.59 Å². The quantitative estimate of drug-likeness (QED) is 0.584. The van der Waals surface area contributed by atoms with Gasteiger partial charge >= 0.3 is 0 Å². The molecule has 2 aromatic carbocycles. The van der Waals surface area contributed by atoms with Crippen molar-refractivity contribution in [1.82, 2.24) is 4.57 Å². The monoisotopic (exact) mass is 406 g/mol. The van der Waals surface area contributed by atoms with E-state index in [1.807, 2.05) is 16.7 Å². The largest absolute Gasteiger partial charge is 0.343 e. The molecule has 0 bridgehead atoms. The van der Waals surface area contributed by atoms with Crippen molar-refractivity contribution in [2.45, 2.75) is 19.4 Å². The second-order valence-corrected chi connectivity index (χ2v) is 7.57. The molecule has 4 nitrogen and oxygen atoms in total. The Morgan fingerprint density at radius 1 is 1.15 bits per heavy atom. The van der Waals surface area contributed by atoms with Gasteiger partial charge in [0, 0.05) is 17.6 Å². The number of rotatable bonds is 2. The van der Waals surface area contributed by atoms with E-state index in [-0.39, 0.29) is 32.1 Å². The summed E-state index contributed by atoms with van der Waals surface area (Å²) < 4.78 is 1.98. The van der Waals surface area contributed by atoms with Gasteiger partial charge in [-0.15, -0.1) is 0 Å². The minimum atomic E-state index is -0.537. The number of hydrogen-bond donors (Lipinski definition) is 1. The number of aromatic nitrogens is 1. The maximum atomic E-state index is 12.9. The minimum Gasteiger partial charge on any atom is -0.343 e. The van der Waals surface area contributed by atoms with Crippen molar-refractivity contribution in [2.24, 2.45) is 0 Å². The highest BCUT2D eigenvalue weighted by Crippen LogP contribution is 2.33. The molecule has 1 amide bonds. The number of carbonyl (C=O) groups excluding carboxylic acids is 1. The van der Waals surface area contributed by atoms with Crippen LogP contribution >= 0.6 is 34.8 Å². The third kappa shape index (κ3) is 2.69. The van der Waals surface area contributed by atoms with Crippen LogP contribution in [-0.4, -0.2) is 10.5 Å². The van der Waals surface area contributed by atoms with E-state index >= 15 is 0 Å². The number of hydrogen-bond acceptors (Lipinski definition) is 2. The van der Waals surface area contributed by atoms with Crippen LogP contribution in [0.3, 0.4) is 0 Å². The second kappa shape index (κ2) is 6.31. The minimum absolute atomic E-state index is 0.0607. The van der Waals surface area contributed by atoms with Crippen molar-refractivity contribution in [3.8, 4) is 0 Å². The molecule has 1 atom stereocenters. The maximum absolute atomic E-state index is 12.9. The lowest BCUT2D eigenvalue weighted by molar-refractivity contribution is 0.102. The predicted octanol–water partition coefficient (Wildman–Crippen LogP) is 5.33. The summed E-state index contributed by atoms with van der Waals surface area (Å²) in [6, 6.07) is 8.69. The SMILES string of the molecule is C[C@@H]1Cc2cccc3c(=O)c(C(=O)Nc4cc(Cl)c(Cl)cc4Cl)cn1c23. The van der Waals surface area contributed by atoms with Crippen LogP contribution in [-0.2, 0) is 6.42 Å². The Hall–Kier alpha value is -2.01. The molecule has 26 heavy (non-hydrogen) atoms. The number of anilines is 1. The smallest absolute Gasteiger partial charge is 0.261 e. The van der Waals surface area contributed by atoms with E-state index in [1.54, 1.807) is 12.3 Å². The molecule has 0 aliphatic carbocycles. The summed E-state index contributed by atoms with van der Waals surface area (Å²) in [5.74, 6) is -0.537. The van der Waals surface area contributed by atoms with Crippen LogP contribution in [0.4, 0.5) is 5.69 Å². The molecular weight excluding hydrogens is 395 g/mol. The molecule has 0 fully saturated rings. The molecule has 2 heterocycles. The topological polar surface area (TPSA) is 51.1 Å². The van der Waals surface area contributed by atoms with Crippen LogP contribution < -0.4 is 10.7 Å². The van der Waals surface area contributed by atoms with Gasteiger partial charge in [0.25, 0.3) is 5.91 Å². The summed E-state index contributed by atoms with van der Waals surface area (Å²) in [6.07, 6.45) is 2.45. The first-order valence-electron chi connectivity index (χ1n) is 7.99. The molecule has 7 heteroatoms. The van der Waals surface area contributed by atoms with Crippen molar-refractivity contribution in [3.63, 3.8) is 0 Å². The third-order valence-electron chi connectivity index (χ3n) is 4.63. The van der Waals surface area contributed by atoms with Gasteiger partial charge < -0.3 is 9.88 Å². The normalized spacial score (nSPS) is 15.5. The van der Waals surface area contributed by atoms with Crippen LogP contribution in [0, 0.1) is 0 Å². The summed E-state index contributed by atoms with van der Waals surface area (Å²) >= 11 is 18.0. The van der Waals surface area contributed by atoms with Crippen molar-refractivity contribution < 1.29 is 4.79 Å². The lowest BCUT2D eigenvalue weighted by Crippen LogP contribution is -2.24. The maximum Gasteiger partial charge on any atom is 0.261 e. The number of benzene rings is 2. The Labute approximate surface area is 164 Å². The standard InChI is InChI=1S/C19H13Cl3N2O2/c1-9-5-10-3-2-4-11-17(10)24(9)8-12(18(11)25)19(26)23-16-7-14(21)13(20)6-15(16)22/h2-4,6-9H,5H2,1H3,(H,23,26)/t9-/m1/s1. The van der Waals surface area contributed by atoms with Gasteiger partial charge in [-0.2, -0.15) is 0 Å². The molecule has 1 aliphatic rings. The van der Waals surface area contributed by atoms with E-state index in [0.29, 0.717) is 11.1 Å². The van der Waals surface area contributed by atoms with Gasteiger partial charge in [0.15, 0.2) is 0 Å². The van der Waals surface area contributed by atoms with Crippen molar-refractivity contribution >= 4 is 57.3 Å². The molecule has 0 saturated carbocycles. The molecule has 4 rings (SSSR count). The van der Waals surface area contributed by atoms with Gasteiger partial charge in [0.1, 0.15) is 5.56 Å². The first kappa shape index (κ1) is 17.4. The third-order valence-corrected chi connectivity index (χ3v) is 5.66. The van der Waals surface area contributed by atoms with Crippen LogP contribution in [0.5, 0.6) is 0 Å². The van der Waals surface area contributed by atoms with E-state index < -0.39 is 5.91 Å². The van der Waals surface area contributed by atoms with Crippen molar-refractivity contribution in [3.05, 3.63) is 72.9 Å². The zero-order valence-electron chi connectivity index (χ0n) is 13.6. The fourth-order valence-corrected chi connectivity index (χ4v) is 3.98. The van der Waals surface area contributed by atoms with Crippen LogP contribution in [0.15, 0.2) is 41.3 Å². The molecule has 0 spiro atoms. The van der Waals surface area contributed by atoms with E-state index in [0.717, 1.165) is 17.5 Å². The average molecular weight is 408 g/mol. The van der Waals surface area contributed by atoms with Gasteiger partial charge in [-0.05, 0) is 37.1 Å². The van der Waals surface area contributed by atoms with E-state index in [9.17, 15) is 9.59 Å². The molecule has 0 saturated heterocycles. The average Bonchev–Trinajstić information content (AvgIpc) is 2.92. The molecule has 132 valence electrons. The zero-order valence-corrected chi connectivity index (χ0v) is 15.9. The summed E-state index contributed by atoms with van der Waals surface area (Å²) in [4.78, 5) is 25.6. The van der Waals surface area contributed by atoms with Crippen LogP contribution in [0.1, 0.15) is 28.9 Å². The Kier molecular flexibility index (Phi) is 4.22. The molecule has 1 aliphatic heterocycles. The lowest BCUT2D eigenvalue weighted by atomic mass is 10.1. The second-order valence-electron chi connectivity index (χ2n) is 6.35. The molecule has 3 aromatic rings. The summed E-state index contributed by atoms with van der Waals surface area (Å²) in [5, 5.41) is 3.99. The Morgan fingerprint density at radius 3 is 2.65 bits per heavy atom.